The Morgan fingerprint density at radius 3 is 2.55 bits per heavy atom. The molecule has 0 aliphatic carbocycles. The van der Waals surface area contributed by atoms with Gasteiger partial charge >= 0.3 is 0 Å². The molecule has 3 N–H and O–H groups in total. The molecule has 0 spiro atoms. The van der Waals surface area contributed by atoms with E-state index in [2.05, 4.69) is 26.4 Å². The van der Waals surface area contributed by atoms with Gasteiger partial charge in [-0.25, -0.2) is 0 Å². The van der Waals surface area contributed by atoms with E-state index in [1.807, 2.05) is 23.7 Å². The molecular formula is C20H18N6O3S2. The van der Waals surface area contributed by atoms with E-state index in [1.165, 1.54) is 11.8 Å². The predicted molar refractivity (Wildman–Crippen MR) is 118 cm³/mol. The highest BCUT2D eigenvalue weighted by Gasteiger charge is 2.17. The highest BCUT2D eigenvalue weighted by atomic mass is 32.2. The van der Waals surface area contributed by atoms with Crippen molar-refractivity contribution < 1.29 is 14.4 Å². The first kappa shape index (κ1) is 20.9. The van der Waals surface area contributed by atoms with E-state index in [4.69, 9.17) is 0 Å². The lowest BCUT2D eigenvalue weighted by atomic mass is 10.1. The summed E-state index contributed by atoms with van der Waals surface area (Å²) >= 11 is 2.96. The minimum absolute atomic E-state index is 0.109. The van der Waals surface area contributed by atoms with Crippen LogP contribution in [0.1, 0.15) is 26.3 Å². The van der Waals surface area contributed by atoms with Gasteiger partial charge in [0.2, 0.25) is 5.91 Å². The van der Waals surface area contributed by atoms with Gasteiger partial charge in [-0.15, -0.1) is 22.0 Å². The van der Waals surface area contributed by atoms with Crippen molar-refractivity contribution >= 4 is 46.9 Å². The smallest absolute Gasteiger partial charge is 0.269 e. The number of fused-ring (bicyclic) bond motifs is 1. The second-order valence-electron chi connectivity index (χ2n) is 6.67. The van der Waals surface area contributed by atoms with Gasteiger partial charge in [0, 0.05) is 28.8 Å². The second-order valence-corrected chi connectivity index (χ2v) is 8.63. The van der Waals surface area contributed by atoms with Crippen LogP contribution in [0.4, 0.5) is 5.69 Å². The molecular weight excluding hydrogens is 436 g/mol. The maximum absolute atomic E-state index is 12.4. The van der Waals surface area contributed by atoms with Crippen molar-refractivity contribution in [2.75, 3.05) is 11.1 Å². The minimum Gasteiger partial charge on any atom is -0.324 e. The van der Waals surface area contributed by atoms with Crippen molar-refractivity contribution in [2.45, 2.75) is 15.8 Å². The molecule has 3 aromatic rings. The van der Waals surface area contributed by atoms with Crippen molar-refractivity contribution in [1.82, 2.24) is 25.6 Å². The van der Waals surface area contributed by atoms with Crippen LogP contribution in [0.15, 0.2) is 58.8 Å². The molecule has 0 bridgehead atoms. The van der Waals surface area contributed by atoms with Crippen LogP contribution in [0.25, 0.3) is 0 Å². The Kier molecular flexibility index (Phi) is 6.23. The van der Waals surface area contributed by atoms with Crippen molar-refractivity contribution in [2.24, 2.45) is 7.05 Å². The Bertz CT molecular complexity index is 1150. The molecule has 2 aromatic carbocycles. The molecule has 0 saturated carbocycles. The van der Waals surface area contributed by atoms with Crippen molar-refractivity contribution in [3.8, 4) is 0 Å². The highest BCUT2D eigenvalue weighted by molar-refractivity contribution is 8.00. The van der Waals surface area contributed by atoms with Gasteiger partial charge in [-0.3, -0.25) is 25.2 Å². The summed E-state index contributed by atoms with van der Waals surface area (Å²) in [6, 6.07) is 12.1. The number of carbonyl (C=O) groups is 3. The van der Waals surface area contributed by atoms with Crippen LogP contribution in [-0.2, 0) is 17.6 Å². The lowest BCUT2D eigenvalue weighted by Gasteiger charge is -2.17. The minimum atomic E-state index is -0.474. The molecule has 11 heteroatoms. The summed E-state index contributed by atoms with van der Waals surface area (Å²) in [5.41, 5.74) is 7.18. The maximum atomic E-state index is 12.4. The fourth-order valence-electron chi connectivity index (χ4n) is 2.79. The van der Waals surface area contributed by atoms with Crippen LogP contribution in [0.3, 0.4) is 0 Å². The maximum Gasteiger partial charge on any atom is 0.269 e. The molecule has 0 unspecified atom stereocenters. The van der Waals surface area contributed by atoms with Crippen LogP contribution in [-0.4, -0.2) is 38.2 Å². The van der Waals surface area contributed by atoms with E-state index in [0.717, 1.165) is 15.6 Å². The zero-order valence-corrected chi connectivity index (χ0v) is 18.0. The number of nitrogens with one attached hydrogen (secondary N) is 3. The summed E-state index contributed by atoms with van der Waals surface area (Å²) in [6.07, 6.45) is 1.64. The summed E-state index contributed by atoms with van der Waals surface area (Å²) in [5.74, 6) is 0.0343. The fraction of sp³-hybridized carbons (Fsp3) is 0.150. The van der Waals surface area contributed by atoms with E-state index in [1.54, 1.807) is 48.4 Å². The third-order valence-electron chi connectivity index (χ3n) is 4.42. The first-order valence-electron chi connectivity index (χ1n) is 9.23. The van der Waals surface area contributed by atoms with E-state index in [9.17, 15) is 14.4 Å². The third-order valence-corrected chi connectivity index (χ3v) is 6.60. The number of hydrogen-bond acceptors (Lipinski definition) is 7. The molecule has 4 rings (SSSR count). The summed E-state index contributed by atoms with van der Waals surface area (Å²) in [4.78, 5) is 37.1. The number of aryl methyl sites for hydroxylation is 1. The largest absolute Gasteiger partial charge is 0.324 e. The SMILES string of the molecule is Cn1cnnc1SCc1ccc(C(=O)NNC(=O)c2ccc3c(c2)NC(=O)CS3)cc1. The summed E-state index contributed by atoms with van der Waals surface area (Å²) in [5, 5.41) is 11.4. The van der Waals surface area contributed by atoms with Crippen LogP contribution < -0.4 is 16.2 Å². The monoisotopic (exact) mass is 454 g/mol. The Labute approximate surface area is 186 Å². The van der Waals surface area contributed by atoms with Gasteiger partial charge in [-0.05, 0) is 35.9 Å². The Morgan fingerprint density at radius 2 is 1.84 bits per heavy atom. The Balaban J connectivity index is 1.31. The lowest BCUT2D eigenvalue weighted by Crippen LogP contribution is -2.41. The average molecular weight is 455 g/mol. The quantitative estimate of drug-likeness (QED) is 0.400. The molecule has 0 radical (unpaired) electrons. The van der Waals surface area contributed by atoms with Crippen LogP contribution in [0, 0.1) is 0 Å². The average Bonchev–Trinajstić information content (AvgIpc) is 3.20. The molecule has 1 aliphatic heterocycles. The Morgan fingerprint density at radius 1 is 1.13 bits per heavy atom. The molecule has 1 aliphatic rings. The number of thioether (sulfide) groups is 2. The molecule has 0 saturated heterocycles. The third kappa shape index (κ3) is 5.06. The first-order valence-corrected chi connectivity index (χ1v) is 11.2. The van der Waals surface area contributed by atoms with E-state index in [-0.39, 0.29) is 5.91 Å². The first-order chi connectivity index (χ1) is 15.0. The van der Waals surface area contributed by atoms with Crippen LogP contribution in [0.5, 0.6) is 0 Å². The number of carbonyl (C=O) groups excluding carboxylic acids is 3. The number of rotatable bonds is 5. The standard InChI is InChI=1S/C20H18N6O3S2/c1-26-11-21-25-20(26)31-9-12-2-4-13(5-3-12)18(28)23-24-19(29)14-6-7-16-15(8-14)22-17(27)10-30-16/h2-8,11H,9-10H2,1H3,(H,22,27)(H,23,28)(H,24,29). The molecule has 3 amide bonds. The van der Waals surface area contributed by atoms with Crippen LogP contribution >= 0.6 is 23.5 Å². The zero-order chi connectivity index (χ0) is 21.8. The number of aromatic nitrogens is 3. The van der Waals surface area contributed by atoms with Crippen LogP contribution in [0.2, 0.25) is 0 Å². The van der Waals surface area contributed by atoms with Gasteiger partial charge < -0.3 is 9.88 Å². The molecule has 158 valence electrons. The number of amides is 3. The van der Waals surface area contributed by atoms with Gasteiger partial charge in [0.25, 0.3) is 11.8 Å². The summed E-state index contributed by atoms with van der Waals surface area (Å²) < 4.78 is 1.84. The second kappa shape index (κ2) is 9.23. The van der Waals surface area contributed by atoms with E-state index in [0.29, 0.717) is 28.3 Å². The molecule has 0 atom stereocenters. The number of hydrogen-bond donors (Lipinski definition) is 3. The fourth-order valence-corrected chi connectivity index (χ4v) is 4.42. The number of hydrazine groups is 1. The van der Waals surface area contributed by atoms with Gasteiger partial charge in [-0.1, -0.05) is 23.9 Å². The zero-order valence-electron chi connectivity index (χ0n) is 16.4. The van der Waals surface area contributed by atoms with Gasteiger partial charge in [-0.2, -0.15) is 0 Å². The normalized spacial score (nSPS) is 12.6. The van der Waals surface area contributed by atoms with Crippen molar-refractivity contribution in [3.63, 3.8) is 0 Å². The predicted octanol–water partition coefficient (Wildman–Crippen LogP) is 2.23. The number of benzene rings is 2. The van der Waals surface area contributed by atoms with E-state index < -0.39 is 11.8 Å². The number of nitrogens with zero attached hydrogens (tertiary/aromatic N) is 3. The molecule has 0 fully saturated rings. The van der Waals surface area contributed by atoms with Gasteiger partial charge in [0.05, 0.1) is 11.4 Å². The Hall–Kier alpha value is -3.31. The van der Waals surface area contributed by atoms with Crippen molar-refractivity contribution in [3.05, 3.63) is 65.5 Å². The summed E-state index contributed by atoms with van der Waals surface area (Å²) in [6.45, 7) is 0. The molecule has 9 nitrogen and oxygen atoms in total. The topological polar surface area (TPSA) is 118 Å². The number of anilines is 1. The molecule has 31 heavy (non-hydrogen) atoms. The summed E-state index contributed by atoms with van der Waals surface area (Å²) in [7, 11) is 1.88. The molecule has 2 heterocycles. The van der Waals surface area contributed by atoms with Gasteiger partial charge in [0.1, 0.15) is 6.33 Å². The highest BCUT2D eigenvalue weighted by Crippen LogP contribution is 2.31. The molecule has 1 aromatic heterocycles. The lowest BCUT2D eigenvalue weighted by molar-refractivity contribution is -0.113. The van der Waals surface area contributed by atoms with Crippen molar-refractivity contribution in [1.29, 1.82) is 0 Å². The van der Waals surface area contributed by atoms with E-state index >= 15 is 0 Å². The van der Waals surface area contributed by atoms with Gasteiger partial charge in [0.15, 0.2) is 5.16 Å².